The van der Waals surface area contributed by atoms with Crippen molar-refractivity contribution in [3.8, 4) is 5.88 Å². The maximum atomic E-state index is 12.6. The molecule has 0 radical (unpaired) electrons. The molecule has 0 aliphatic carbocycles. The summed E-state index contributed by atoms with van der Waals surface area (Å²) in [7, 11) is 0. The number of pyridine rings is 1. The standard InChI is InChI=1S/C10H10F4N2O/c11-7(12)4-17-9-3-1-2-8(15-9)16-5-10(13,14)6-16/h1-3,7H,4-6H2. The van der Waals surface area contributed by atoms with Crippen LogP contribution in [-0.2, 0) is 0 Å². The lowest BCUT2D eigenvalue weighted by atomic mass is 10.1. The molecule has 94 valence electrons. The Morgan fingerprint density at radius 3 is 2.65 bits per heavy atom. The van der Waals surface area contributed by atoms with E-state index in [2.05, 4.69) is 4.98 Å². The molecule has 1 aliphatic heterocycles. The third-order valence-corrected chi connectivity index (χ3v) is 2.23. The Bertz CT molecular complexity index is 392. The number of nitrogens with zero attached hydrogens (tertiary/aromatic N) is 2. The molecule has 7 heteroatoms. The molecular weight excluding hydrogens is 240 g/mol. The van der Waals surface area contributed by atoms with Crippen LogP contribution < -0.4 is 9.64 Å². The average Bonchev–Trinajstić information content (AvgIpc) is 2.23. The molecule has 0 amide bonds. The van der Waals surface area contributed by atoms with Crippen LogP contribution in [0.5, 0.6) is 5.88 Å². The normalized spacial score (nSPS) is 18.1. The smallest absolute Gasteiger partial charge is 0.282 e. The highest BCUT2D eigenvalue weighted by Gasteiger charge is 2.44. The number of hydrogen-bond donors (Lipinski definition) is 0. The van der Waals surface area contributed by atoms with Crippen LogP contribution in [0.1, 0.15) is 0 Å². The number of ether oxygens (including phenoxy) is 1. The van der Waals surface area contributed by atoms with Gasteiger partial charge in [-0.1, -0.05) is 6.07 Å². The van der Waals surface area contributed by atoms with Gasteiger partial charge in [-0.25, -0.2) is 17.6 Å². The summed E-state index contributed by atoms with van der Waals surface area (Å²) < 4.78 is 53.8. The fourth-order valence-electron chi connectivity index (χ4n) is 1.48. The van der Waals surface area contributed by atoms with Gasteiger partial charge in [-0.15, -0.1) is 0 Å². The summed E-state index contributed by atoms with van der Waals surface area (Å²) in [6.07, 6.45) is -2.59. The number of hydrogen-bond acceptors (Lipinski definition) is 3. The summed E-state index contributed by atoms with van der Waals surface area (Å²) >= 11 is 0. The summed E-state index contributed by atoms with van der Waals surface area (Å²) in [6.45, 7) is -1.57. The number of aromatic nitrogens is 1. The predicted molar refractivity (Wildman–Crippen MR) is 52.9 cm³/mol. The van der Waals surface area contributed by atoms with Gasteiger partial charge >= 0.3 is 0 Å². The first-order chi connectivity index (χ1) is 7.96. The van der Waals surface area contributed by atoms with Gasteiger partial charge in [0.05, 0.1) is 13.1 Å². The van der Waals surface area contributed by atoms with Crippen molar-refractivity contribution in [1.29, 1.82) is 0 Å². The van der Waals surface area contributed by atoms with Crippen LogP contribution >= 0.6 is 0 Å². The molecule has 1 aromatic heterocycles. The van der Waals surface area contributed by atoms with E-state index in [1.807, 2.05) is 0 Å². The summed E-state index contributed by atoms with van der Waals surface area (Å²) in [5.41, 5.74) is 0. The molecule has 0 unspecified atom stereocenters. The van der Waals surface area contributed by atoms with Gasteiger partial charge in [-0.3, -0.25) is 0 Å². The number of alkyl halides is 4. The van der Waals surface area contributed by atoms with Crippen molar-refractivity contribution in [2.75, 3.05) is 24.6 Å². The Hall–Kier alpha value is -1.53. The van der Waals surface area contributed by atoms with Crippen molar-refractivity contribution in [2.24, 2.45) is 0 Å². The van der Waals surface area contributed by atoms with Gasteiger partial charge in [0.1, 0.15) is 5.82 Å². The highest BCUT2D eigenvalue weighted by Crippen LogP contribution is 2.31. The van der Waals surface area contributed by atoms with E-state index in [1.54, 1.807) is 0 Å². The summed E-state index contributed by atoms with van der Waals surface area (Å²) in [6, 6.07) is 4.47. The minimum Gasteiger partial charge on any atom is -0.472 e. The molecule has 2 heterocycles. The summed E-state index contributed by atoms with van der Waals surface area (Å²) in [5.74, 6) is -2.37. The van der Waals surface area contributed by atoms with Gasteiger partial charge in [0, 0.05) is 6.07 Å². The average molecular weight is 250 g/mol. The second-order valence-corrected chi connectivity index (χ2v) is 3.75. The number of halogens is 4. The lowest BCUT2D eigenvalue weighted by Crippen LogP contribution is -2.56. The van der Waals surface area contributed by atoms with Crippen LogP contribution in [0.25, 0.3) is 0 Å². The maximum absolute atomic E-state index is 12.6. The van der Waals surface area contributed by atoms with Crippen molar-refractivity contribution in [3.05, 3.63) is 18.2 Å². The monoisotopic (exact) mass is 250 g/mol. The fourth-order valence-corrected chi connectivity index (χ4v) is 1.48. The molecule has 1 aromatic rings. The van der Waals surface area contributed by atoms with Gasteiger partial charge in [0.15, 0.2) is 6.61 Å². The fraction of sp³-hybridized carbons (Fsp3) is 0.500. The number of rotatable bonds is 4. The molecule has 0 spiro atoms. The first-order valence-corrected chi connectivity index (χ1v) is 4.97. The van der Waals surface area contributed by atoms with Gasteiger partial charge in [-0.05, 0) is 6.07 Å². The molecule has 2 rings (SSSR count). The molecule has 0 aromatic carbocycles. The Morgan fingerprint density at radius 2 is 2.06 bits per heavy atom. The van der Waals surface area contributed by atoms with E-state index in [0.717, 1.165) is 0 Å². The first-order valence-electron chi connectivity index (χ1n) is 4.97. The lowest BCUT2D eigenvalue weighted by Gasteiger charge is -2.39. The highest BCUT2D eigenvalue weighted by atomic mass is 19.3. The van der Waals surface area contributed by atoms with Crippen LogP contribution in [0.15, 0.2) is 18.2 Å². The van der Waals surface area contributed by atoms with Crippen LogP contribution in [-0.4, -0.2) is 37.0 Å². The van der Waals surface area contributed by atoms with Gasteiger partial charge in [0.25, 0.3) is 12.3 Å². The van der Waals surface area contributed by atoms with Crippen LogP contribution in [0.4, 0.5) is 23.4 Å². The molecule has 0 saturated carbocycles. The molecule has 1 aliphatic rings. The van der Waals surface area contributed by atoms with Crippen LogP contribution in [0, 0.1) is 0 Å². The minimum atomic E-state index is -2.69. The SMILES string of the molecule is FC(F)COc1cccc(N2CC(F)(F)C2)n1. The topological polar surface area (TPSA) is 25.4 Å². The zero-order valence-corrected chi connectivity index (χ0v) is 8.75. The second kappa shape index (κ2) is 4.38. The van der Waals surface area contributed by atoms with E-state index in [9.17, 15) is 17.6 Å². The van der Waals surface area contributed by atoms with E-state index in [1.165, 1.54) is 23.1 Å². The summed E-state index contributed by atoms with van der Waals surface area (Å²) in [5, 5.41) is 0. The van der Waals surface area contributed by atoms with E-state index in [-0.39, 0.29) is 5.88 Å². The van der Waals surface area contributed by atoms with Crippen molar-refractivity contribution in [2.45, 2.75) is 12.3 Å². The van der Waals surface area contributed by atoms with E-state index < -0.39 is 32.0 Å². The lowest BCUT2D eigenvalue weighted by molar-refractivity contribution is -0.0267. The third kappa shape index (κ3) is 2.98. The highest BCUT2D eigenvalue weighted by molar-refractivity contribution is 5.44. The summed E-state index contributed by atoms with van der Waals surface area (Å²) in [4.78, 5) is 5.23. The van der Waals surface area contributed by atoms with E-state index in [0.29, 0.717) is 5.82 Å². The Morgan fingerprint density at radius 1 is 1.35 bits per heavy atom. The quantitative estimate of drug-likeness (QED) is 0.766. The molecule has 3 nitrogen and oxygen atoms in total. The predicted octanol–water partition coefficient (Wildman–Crippen LogP) is 2.18. The van der Waals surface area contributed by atoms with E-state index >= 15 is 0 Å². The van der Waals surface area contributed by atoms with Gasteiger partial charge in [0.2, 0.25) is 5.88 Å². The number of anilines is 1. The zero-order chi connectivity index (χ0) is 12.5. The van der Waals surface area contributed by atoms with Crippen LogP contribution in [0.2, 0.25) is 0 Å². The Labute approximate surface area is 95.0 Å². The van der Waals surface area contributed by atoms with Gasteiger partial charge in [-0.2, -0.15) is 4.98 Å². The molecule has 0 bridgehead atoms. The molecule has 0 atom stereocenters. The Kier molecular flexibility index (Phi) is 3.08. The molecule has 1 saturated heterocycles. The van der Waals surface area contributed by atoms with Crippen molar-refractivity contribution in [3.63, 3.8) is 0 Å². The van der Waals surface area contributed by atoms with Crippen molar-refractivity contribution < 1.29 is 22.3 Å². The van der Waals surface area contributed by atoms with E-state index in [4.69, 9.17) is 4.74 Å². The Balaban J connectivity index is 1.98. The molecule has 17 heavy (non-hydrogen) atoms. The van der Waals surface area contributed by atoms with Gasteiger partial charge < -0.3 is 9.64 Å². The molecule has 0 N–H and O–H groups in total. The minimum absolute atomic E-state index is 0.0121. The largest absolute Gasteiger partial charge is 0.472 e. The zero-order valence-electron chi connectivity index (χ0n) is 8.75. The van der Waals surface area contributed by atoms with Crippen LogP contribution in [0.3, 0.4) is 0 Å². The molecular formula is C10H10F4N2O. The third-order valence-electron chi connectivity index (χ3n) is 2.23. The molecule has 1 fully saturated rings. The van der Waals surface area contributed by atoms with Crippen molar-refractivity contribution >= 4 is 5.82 Å². The second-order valence-electron chi connectivity index (χ2n) is 3.75. The van der Waals surface area contributed by atoms with Crippen molar-refractivity contribution in [1.82, 2.24) is 4.98 Å². The maximum Gasteiger partial charge on any atom is 0.282 e. The first kappa shape index (κ1) is 11.9.